The van der Waals surface area contributed by atoms with Crippen molar-refractivity contribution in [2.24, 2.45) is 0 Å². The number of carbonyl (C=O) groups is 1. The average Bonchev–Trinajstić information content (AvgIpc) is 3.21. The van der Waals surface area contributed by atoms with E-state index >= 15 is 0 Å². The Labute approximate surface area is 171 Å². The van der Waals surface area contributed by atoms with Gasteiger partial charge in [0.25, 0.3) is 0 Å². The third-order valence-electron chi connectivity index (χ3n) is 5.92. The summed E-state index contributed by atoms with van der Waals surface area (Å²) in [4.78, 5) is 25.4. The lowest BCUT2D eigenvalue weighted by Gasteiger charge is -2.27. The minimum atomic E-state index is 0.111. The molecule has 0 N–H and O–H groups in total. The first-order chi connectivity index (χ1) is 14.1. The molecule has 0 aliphatic carbocycles. The van der Waals surface area contributed by atoms with E-state index in [1.165, 1.54) is 0 Å². The molecule has 1 aromatic heterocycles. The van der Waals surface area contributed by atoms with Crippen LogP contribution in [-0.2, 0) is 24.3 Å². The fourth-order valence-corrected chi connectivity index (χ4v) is 4.21. The van der Waals surface area contributed by atoms with Gasteiger partial charge in [-0.15, -0.1) is 0 Å². The zero-order chi connectivity index (χ0) is 20.4. The Balaban J connectivity index is 1.42. The van der Waals surface area contributed by atoms with Gasteiger partial charge in [0.05, 0.1) is 19.9 Å². The Morgan fingerprint density at radius 3 is 2.86 bits per heavy atom. The van der Waals surface area contributed by atoms with Crippen LogP contribution in [0.5, 0.6) is 11.5 Å². The fourth-order valence-electron chi connectivity index (χ4n) is 4.21. The van der Waals surface area contributed by atoms with Crippen LogP contribution in [0, 0.1) is 0 Å². The summed E-state index contributed by atoms with van der Waals surface area (Å²) in [5.41, 5.74) is 3.33. The Bertz CT molecular complexity index is 902. The summed E-state index contributed by atoms with van der Waals surface area (Å²) in [7, 11) is 3.36. The van der Waals surface area contributed by atoms with E-state index in [-0.39, 0.29) is 5.91 Å². The number of methoxy groups -OCH3 is 2. The van der Waals surface area contributed by atoms with Crippen LogP contribution < -0.4 is 9.47 Å². The van der Waals surface area contributed by atoms with Gasteiger partial charge in [0.15, 0.2) is 0 Å². The van der Waals surface area contributed by atoms with Gasteiger partial charge in [-0.2, -0.15) is 0 Å². The maximum Gasteiger partial charge on any atom is 0.219 e. The molecular weight excluding hydrogens is 368 g/mol. The van der Waals surface area contributed by atoms with Gasteiger partial charge in [-0.1, -0.05) is 6.07 Å². The van der Waals surface area contributed by atoms with Crippen molar-refractivity contribution in [3.63, 3.8) is 0 Å². The topological polar surface area (TPSA) is 67.8 Å². The normalized spacial score (nSPS) is 19.1. The summed E-state index contributed by atoms with van der Waals surface area (Å²) >= 11 is 0. The van der Waals surface area contributed by atoms with Gasteiger partial charge in [0, 0.05) is 68.8 Å². The van der Waals surface area contributed by atoms with Crippen LogP contribution >= 0.6 is 0 Å². The number of nitrogens with zero attached hydrogens (tertiary/aromatic N) is 4. The quantitative estimate of drug-likeness (QED) is 0.773. The molecule has 29 heavy (non-hydrogen) atoms. The second-order valence-corrected chi connectivity index (χ2v) is 7.79. The first kappa shape index (κ1) is 19.6. The van der Waals surface area contributed by atoms with E-state index in [1.807, 2.05) is 23.2 Å². The maximum atomic E-state index is 11.6. The van der Waals surface area contributed by atoms with Gasteiger partial charge in [0.1, 0.15) is 17.3 Å². The van der Waals surface area contributed by atoms with Crippen molar-refractivity contribution in [2.45, 2.75) is 38.8 Å². The highest BCUT2D eigenvalue weighted by molar-refractivity contribution is 5.73. The fraction of sp³-hybridized carbons (Fsp3) is 0.500. The van der Waals surface area contributed by atoms with Crippen molar-refractivity contribution in [1.82, 2.24) is 19.8 Å². The van der Waals surface area contributed by atoms with Crippen molar-refractivity contribution >= 4 is 5.91 Å². The summed E-state index contributed by atoms with van der Waals surface area (Å²) in [5.74, 6) is 3.04. The molecule has 1 amide bonds. The number of rotatable bonds is 5. The molecule has 2 aliphatic rings. The molecule has 154 valence electrons. The molecular formula is C22H28N4O3. The number of amides is 1. The van der Waals surface area contributed by atoms with Gasteiger partial charge in [-0.25, -0.2) is 9.97 Å². The van der Waals surface area contributed by atoms with Crippen LogP contribution in [0.1, 0.15) is 41.9 Å². The molecule has 0 radical (unpaired) electrons. The second-order valence-electron chi connectivity index (χ2n) is 7.79. The minimum Gasteiger partial charge on any atom is -0.497 e. The Morgan fingerprint density at radius 1 is 1.24 bits per heavy atom. The molecule has 0 bridgehead atoms. The highest BCUT2D eigenvalue weighted by Gasteiger charge is 2.28. The monoisotopic (exact) mass is 396 g/mol. The summed E-state index contributed by atoms with van der Waals surface area (Å²) in [6, 6.07) is 5.98. The van der Waals surface area contributed by atoms with Crippen molar-refractivity contribution in [3.05, 3.63) is 47.0 Å². The second kappa shape index (κ2) is 8.37. The number of benzene rings is 1. The number of likely N-dealkylation sites (tertiary alicyclic amines) is 1. The van der Waals surface area contributed by atoms with Gasteiger partial charge < -0.3 is 14.4 Å². The van der Waals surface area contributed by atoms with Crippen LogP contribution in [0.4, 0.5) is 0 Å². The lowest BCUT2D eigenvalue weighted by atomic mass is 10.0. The maximum absolute atomic E-state index is 11.6. The summed E-state index contributed by atoms with van der Waals surface area (Å²) in [6.07, 6.45) is 3.78. The lowest BCUT2D eigenvalue weighted by molar-refractivity contribution is -0.129. The number of ether oxygens (including phenoxy) is 2. The van der Waals surface area contributed by atoms with Crippen LogP contribution in [0.25, 0.3) is 0 Å². The highest BCUT2D eigenvalue weighted by Crippen LogP contribution is 2.30. The standard InChI is InChI=1S/C22H28N4O3/c1-15(27)26-9-7-20-18(14-26)11-23-22(24-20)17-6-8-25(13-17)12-16-4-5-19(28-2)10-21(16)29-3/h4-5,10-11,17H,6-9,12-14H2,1-3H3/t17-/m1/s1. The zero-order valence-electron chi connectivity index (χ0n) is 17.4. The van der Waals surface area contributed by atoms with Crippen LogP contribution in [0.3, 0.4) is 0 Å². The first-order valence-corrected chi connectivity index (χ1v) is 10.1. The molecule has 3 heterocycles. The minimum absolute atomic E-state index is 0.111. The zero-order valence-corrected chi connectivity index (χ0v) is 17.4. The number of carbonyl (C=O) groups excluding carboxylic acids is 1. The van der Waals surface area contributed by atoms with Gasteiger partial charge in [0.2, 0.25) is 5.91 Å². The smallest absolute Gasteiger partial charge is 0.219 e. The number of hydrogen-bond acceptors (Lipinski definition) is 6. The molecule has 2 aliphatic heterocycles. The molecule has 0 saturated carbocycles. The van der Waals surface area contributed by atoms with Crippen molar-refractivity contribution in [1.29, 1.82) is 0 Å². The van der Waals surface area contributed by atoms with Crippen molar-refractivity contribution in [3.8, 4) is 11.5 Å². The van der Waals surface area contributed by atoms with Gasteiger partial charge in [-0.3, -0.25) is 9.69 Å². The van der Waals surface area contributed by atoms with E-state index in [4.69, 9.17) is 14.5 Å². The molecule has 1 saturated heterocycles. The van der Waals surface area contributed by atoms with E-state index < -0.39 is 0 Å². The predicted molar refractivity (Wildman–Crippen MR) is 109 cm³/mol. The number of aromatic nitrogens is 2. The van der Waals surface area contributed by atoms with Gasteiger partial charge in [-0.05, 0) is 19.0 Å². The molecule has 4 rings (SSSR count). The van der Waals surface area contributed by atoms with E-state index in [2.05, 4.69) is 16.0 Å². The Hall–Kier alpha value is -2.67. The number of fused-ring (bicyclic) bond motifs is 1. The highest BCUT2D eigenvalue weighted by atomic mass is 16.5. The molecule has 0 spiro atoms. The van der Waals surface area contributed by atoms with Crippen LogP contribution in [0.2, 0.25) is 0 Å². The molecule has 7 heteroatoms. The van der Waals surface area contributed by atoms with E-state index in [1.54, 1.807) is 21.1 Å². The van der Waals surface area contributed by atoms with E-state index in [9.17, 15) is 4.79 Å². The predicted octanol–water partition coefficient (Wildman–Crippen LogP) is 2.39. The lowest BCUT2D eigenvalue weighted by Crippen LogP contribution is -2.35. The molecule has 1 aromatic carbocycles. The molecule has 0 unspecified atom stereocenters. The van der Waals surface area contributed by atoms with Crippen molar-refractivity contribution < 1.29 is 14.3 Å². The van der Waals surface area contributed by atoms with Crippen LogP contribution in [0.15, 0.2) is 24.4 Å². The summed E-state index contributed by atoms with van der Waals surface area (Å²) in [5, 5.41) is 0. The van der Waals surface area contributed by atoms with Gasteiger partial charge >= 0.3 is 0 Å². The molecule has 2 aromatic rings. The average molecular weight is 396 g/mol. The SMILES string of the molecule is COc1ccc(CN2CC[C@@H](c3ncc4c(n3)CCN(C(C)=O)C4)C2)c(OC)c1. The van der Waals surface area contributed by atoms with E-state index in [0.717, 1.165) is 73.2 Å². The van der Waals surface area contributed by atoms with Crippen molar-refractivity contribution in [2.75, 3.05) is 33.9 Å². The molecule has 7 nitrogen and oxygen atoms in total. The third kappa shape index (κ3) is 4.19. The third-order valence-corrected chi connectivity index (χ3v) is 5.92. The summed E-state index contributed by atoms with van der Waals surface area (Å²) < 4.78 is 10.8. The largest absolute Gasteiger partial charge is 0.497 e. The Morgan fingerprint density at radius 2 is 2.10 bits per heavy atom. The number of hydrogen-bond donors (Lipinski definition) is 0. The molecule has 1 fully saturated rings. The first-order valence-electron chi connectivity index (χ1n) is 10.1. The molecule has 1 atom stereocenters. The Kier molecular flexibility index (Phi) is 5.67. The van der Waals surface area contributed by atoms with Crippen LogP contribution in [-0.4, -0.2) is 59.5 Å². The van der Waals surface area contributed by atoms with E-state index in [0.29, 0.717) is 12.5 Å². The summed E-state index contributed by atoms with van der Waals surface area (Å²) in [6.45, 7) is 5.77.